The molecule has 0 amide bonds. The van der Waals surface area contributed by atoms with E-state index in [4.69, 9.17) is 0 Å². The zero-order chi connectivity index (χ0) is 21.4. The van der Waals surface area contributed by atoms with Crippen molar-refractivity contribution >= 4 is 43.9 Å². The Balaban J connectivity index is 1.59. The maximum absolute atomic E-state index is 13.6. The molecule has 6 aromatic carbocycles. The summed E-state index contributed by atoms with van der Waals surface area (Å²) in [7, 11) is 0. The number of fused-ring (bicyclic) bond motifs is 2. The van der Waals surface area contributed by atoms with Gasteiger partial charge in [0.2, 0.25) is 0 Å². The predicted molar refractivity (Wildman–Crippen MR) is 129 cm³/mol. The first-order chi connectivity index (χ1) is 15.7. The summed E-state index contributed by atoms with van der Waals surface area (Å²) in [6.07, 6.45) is 0. The van der Waals surface area contributed by atoms with Gasteiger partial charge in [-0.25, -0.2) is 0 Å². The molecule has 32 heavy (non-hydrogen) atoms. The molecule has 1 aliphatic carbocycles. The number of benzene rings is 6. The molecular weight excluding hydrogens is 392 g/mol. The van der Waals surface area contributed by atoms with Crippen molar-refractivity contribution in [3.8, 4) is 11.1 Å². The van der Waals surface area contributed by atoms with E-state index in [-0.39, 0.29) is 11.6 Å². The highest BCUT2D eigenvalue weighted by molar-refractivity contribution is 6.31. The molecule has 0 heterocycles. The van der Waals surface area contributed by atoms with Crippen molar-refractivity contribution in [3.63, 3.8) is 0 Å². The molecule has 2 heteroatoms. The molecule has 2 nitrogen and oxygen atoms in total. The minimum absolute atomic E-state index is 0.0866. The van der Waals surface area contributed by atoms with Gasteiger partial charge in [0, 0.05) is 22.3 Å². The van der Waals surface area contributed by atoms with E-state index in [1.54, 1.807) is 24.3 Å². The highest BCUT2D eigenvalue weighted by Crippen LogP contribution is 2.42. The molecule has 0 saturated carbocycles. The molecule has 0 spiro atoms. The van der Waals surface area contributed by atoms with Crippen LogP contribution in [0.3, 0.4) is 0 Å². The van der Waals surface area contributed by atoms with Gasteiger partial charge in [-0.05, 0) is 43.4 Å². The van der Waals surface area contributed by atoms with Crippen molar-refractivity contribution in [3.05, 3.63) is 119 Å². The Kier molecular flexibility index (Phi) is 3.32. The van der Waals surface area contributed by atoms with Gasteiger partial charge in [-0.3, -0.25) is 9.59 Å². The summed E-state index contributed by atoms with van der Waals surface area (Å²) in [5.74, 6) is -0.175. The summed E-state index contributed by atoms with van der Waals surface area (Å²) in [5.41, 5.74) is 3.75. The Morgan fingerprint density at radius 2 is 0.938 bits per heavy atom. The van der Waals surface area contributed by atoms with Crippen LogP contribution in [-0.2, 0) is 0 Å². The van der Waals surface area contributed by atoms with Crippen LogP contribution in [0.2, 0.25) is 0 Å². The van der Waals surface area contributed by atoms with Crippen LogP contribution >= 0.6 is 0 Å². The molecule has 0 atom stereocenters. The van der Waals surface area contributed by atoms with Gasteiger partial charge in [-0.2, -0.15) is 0 Å². The smallest absolute Gasteiger partial charge is 0.195 e. The number of rotatable bonds is 1. The monoisotopic (exact) mass is 408 g/mol. The molecule has 148 valence electrons. The fourth-order valence-electron chi connectivity index (χ4n) is 5.34. The van der Waals surface area contributed by atoms with Gasteiger partial charge in [0.05, 0.1) is 0 Å². The maximum Gasteiger partial charge on any atom is 0.195 e. The summed E-state index contributed by atoms with van der Waals surface area (Å²) in [5, 5.41) is 7.11. The summed E-state index contributed by atoms with van der Waals surface area (Å²) in [4.78, 5) is 26.8. The maximum atomic E-state index is 13.6. The van der Waals surface area contributed by atoms with Crippen LogP contribution in [0.4, 0.5) is 0 Å². The zero-order valence-electron chi connectivity index (χ0n) is 17.1. The van der Waals surface area contributed by atoms with Crippen molar-refractivity contribution < 1.29 is 9.59 Å². The molecule has 7 rings (SSSR count). The lowest BCUT2D eigenvalue weighted by atomic mass is 9.79. The average molecular weight is 408 g/mol. The van der Waals surface area contributed by atoms with Crippen molar-refractivity contribution in [1.29, 1.82) is 0 Å². The van der Waals surface area contributed by atoms with Crippen LogP contribution in [-0.4, -0.2) is 11.6 Å². The van der Waals surface area contributed by atoms with Crippen LogP contribution < -0.4 is 0 Å². The van der Waals surface area contributed by atoms with Gasteiger partial charge in [-0.15, -0.1) is 0 Å². The van der Waals surface area contributed by atoms with Crippen molar-refractivity contribution in [2.24, 2.45) is 0 Å². The molecule has 0 aromatic heterocycles. The summed E-state index contributed by atoms with van der Waals surface area (Å²) >= 11 is 0. The second kappa shape index (κ2) is 6.12. The third-order valence-corrected chi connectivity index (χ3v) is 6.77. The van der Waals surface area contributed by atoms with Crippen LogP contribution in [0.15, 0.2) is 97.1 Å². The molecule has 6 aromatic rings. The molecule has 0 aliphatic heterocycles. The molecular formula is C30H16O2. The van der Waals surface area contributed by atoms with Gasteiger partial charge in [0.1, 0.15) is 0 Å². The second-order valence-electron chi connectivity index (χ2n) is 8.40. The van der Waals surface area contributed by atoms with Crippen LogP contribution in [0.25, 0.3) is 43.4 Å². The van der Waals surface area contributed by atoms with Crippen molar-refractivity contribution in [2.75, 3.05) is 0 Å². The van der Waals surface area contributed by atoms with E-state index in [0.29, 0.717) is 22.3 Å². The van der Waals surface area contributed by atoms with Gasteiger partial charge < -0.3 is 0 Å². The molecule has 1 aliphatic rings. The Hall–Kier alpha value is -4.30. The quantitative estimate of drug-likeness (QED) is 0.273. The number of hydrogen-bond acceptors (Lipinski definition) is 2. The minimum Gasteiger partial charge on any atom is -0.289 e. The Labute approximate surface area is 184 Å². The fraction of sp³-hybridized carbons (Fsp3) is 0. The molecule has 0 fully saturated rings. The number of carbonyl (C=O) groups is 2. The normalized spacial score (nSPS) is 13.1. The molecule has 0 N–H and O–H groups in total. The lowest BCUT2D eigenvalue weighted by molar-refractivity contribution is 0.0979. The Morgan fingerprint density at radius 1 is 0.375 bits per heavy atom. The lowest BCUT2D eigenvalue weighted by Gasteiger charge is -2.21. The minimum atomic E-state index is -0.0882. The average Bonchev–Trinajstić information content (AvgIpc) is 2.85. The Bertz CT molecular complexity index is 1740. The van der Waals surface area contributed by atoms with Crippen molar-refractivity contribution in [1.82, 2.24) is 0 Å². The first-order valence-electron chi connectivity index (χ1n) is 10.7. The highest BCUT2D eigenvalue weighted by atomic mass is 16.1. The topological polar surface area (TPSA) is 34.1 Å². The first kappa shape index (κ1) is 17.4. The molecule has 0 bridgehead atoms. The first-order valence-corrected chi connectivity index (χ1v) is 10.7. The fourth-order valence-corrected chi connectivity index (χ4v) is 5.34. The van der Waals surface area contributed by atoms with Gasteiger partial charge in [0.25, 0.3) is 0 Å². The van der Waals surface area contributed by atoms with E-state index in [1.807, 2.05) is 18.2 Å². The highest BCUT2D eigenvalue weighted by Gasteiger charge is 2.31. The molecule has 0 saturated heterocycles. The van der Waals surface area contributed by atoms with E-state index in [1.165, 1.54) is 26.9 Å². The number of hydrogen-bond donors (Lipinski definition) is 0. The lowest BCUT2D eigenvalue weighted by Crippen LogP contribution is -2.21. The number of carbonyl (C=O) groups excluding carboxylic acids is 2. The van der Waals surface area contributed by atoms with E-state index in [2.05, 4.69) is 54.6 Å². The van der Waals surface area contributed by atoms with Crippen molar-refractivity contribution in [2.45, 2.75) is 0 Å². The van der Waals surface area contributed by atoms with Gasteiger partial charge in [-0.1, -0.05) is 97.1 Å². The van der Waals surface area contributed by atoms with Gasteiger partial charge in [0.15, 0.2) is 11.6 Å². The van der Waals surface area contributed by atoms with E-state index in [0.717, 1.165) is 16.5 Å². The van der Waals surface area contributed by atoms with Crippen LogP contribution in [0, 0.1) is 0 Å². The second-order valence-corrected chi connectivity index (χ2v) is 8.40. The van der Waals surface area contributed by atoms with E-state index in [9.17, 15) is 9.59 Å². The van der Waals surface area contributed by atoms with E-state index >= 15 is 0 Å². The zero-order valence-corrected chi connectivity index (χ0v) is 17.1. The predicted octanol–water partition coefficient (Wildman–Crippen LogP) is 7.03. The molecule has 0 unspecified atom stereocenters. The summed E-state index contributed by atoms with van der Waals surface area (Å²) in [6.45, 7) is 0. The SMILES string of the molecule is O=C1c2ccccc2C(=O)c2c1cccc2-c1ccc2ccc3cccc4ccc1c2c34. The van der Waals surface area contributed by atoms with Crippen LogP contribution in [0.5, 0.6) is 0 Å². The summed E-state index contributed by atoms with van der Waals surface area (Å²) in [6, 6.07) is 31.9. The molecule has 0 radical (unpaired) electrons. The largest absolute Gasteiger partial charge is 0.289 e. The van der Waals surface area contributed by atoms with Crippen LogP contribution in [0.1, 0.15) is 31.8 Å². The summed E-state index contributed by atoms with van der Waals surface area (Å²) < 4.78 is 0. The number of ketones is 2. The Morgan fingerprint density at radius 3 is 1.72 bits per heavy atom. The third-order valence-electron chi connectivity index (χ3n) is 6.77. The third kappa shape index (κ3) is 2.13. The van der Waals surface area contributed by atoms with Gasteiger partial charge >= 0.3 is 0 Å². The van der Waals surface area contributed by atoms with E-state index < -0.39 is 0 Å². The standard InChI is InChI=1S/C30H16O2/c31-29-23-7-1-2-8-24(23)30(32)28-21(9-4-10-25(28)29)20-15-13-19-12-11-17-5-3-6-18-14-16-22(20)27(19)26(17)18/h1-16H.